The van der Waals surface area contributed by atoms with Crippen molar-refractivity contribution in [1.82, 2.24) is 9.80 Å². The SMILES string of the molecule is CC(F)/C=C/N(C(=O)/N=C/N)C1CCN(Cc2cccc(OC(C)C)c2)C(C)C1. The Bertz CT molecular complexity index is 721. The number of hydrogen-bond donors (Lipinski definition) is 1. The fraction of sp³-hybridized carbons (Fsp3) is 0.545. The Balaban J connectivity index is 2.04. The van der Waals surface area contributed by atoms with Gasteiger partial charge in [0.05, 0.1) is 12.4 Å². The average Bonchev–Trinajstić information content (AvgIpc) is 2.64. The van der Waals surface area contributed by atoms with Gasteiger partial charge in [-0.2, -0.15) is 4.99 Å². The number of alkyl halides is 1. The van der Waals surface area contributed by atoms with Crippen LogP contribution in [0.1, 0.15) is 46.1 Å². The highest BCUT2D eigenvalue weighted by Crippen LogP contribution is 2.25. The summed E-state index contributed by atoms with van der Waals surface area (Å²) in [4.78, 5) is 19.9. The van der Waals surface area contributed by atoms with Crippen LogP contribution in [0.4, 0.5) is 9.18 Å². The zero-order chi connectivity index (χ0) is 21.4. The number of nitrogens with two attached hydrogens (primary N) is 1. The summed E-state index contributed by atoms with van der Waals surface area (Å²) in [7, 11) is 0. The summed E-state index contributed by atoms with van der Waals surface area (Å²) >= 11 is 0. The van der Waals surface area contributed by atoms with Crippen molar-refractivity contribution in [2.45, 2.75) is 71.4 Å². The van der Waals surface area contributed by atoms with E-state index in [1.54, 1.807) is 0 Å². The molecule has 1 aliphatic rings. The molecule has 1 aromatic rings. The molecule has 2 N–H and O–H groups in total. The number of amides is 2. The van der Waals surface area contributed by atoms with Gasteiger partial charge in [0.25, 0.3) is 0 Å². The summed E-state index contributed by atoms with van der Waals surface area (Å²) in [6.45, 7) is 9.25. The summed E-state index contributed by atoms with van der Waals surface area (Å²) in [5.74, 6) is 0.877. The van der Waals surface area contributed by atoms with E-state index in [9.17, 15) is 9.18 Å². The summed E-state index contributed by atoms with van der Waals surface area (Å²) in [5.41, 5.74) is 6.47. The Hall–Kier alpha value is -2.41. The lowest BCUT2D eigenvalue weighted by atomic mass is 9.96. The van der Waals surface area contributed by atoms with Gasteiger partial charge in [-0.1, -0.05) is 12.1 Å². The molecule has 2 amide bonds. The Labute approximate surface area is 173 Å². The molecule has 29 heavy (non-hydrogen) atoms. The highest BCUT2D eigenvalue weighted by molar-refractivity contribution is 5.83. The molecule has 3 atom stereocenters. The summed E-state index contributed by atoms with van der Waals surface area (Å²) in [6.07, 6.45) is 4.40. The molecule has 3 unspecified atom stereocenters. The van der Waals surface area contributed by atoms with Crippen LogP contribution in [-0.2, 0) is 6.54 Å². The monoisotopic (exact) mass is 404 g/mol. The highest BCUT2D eigenvalue weighted by Gasteiger charge is 2.30. The largest absolute Gasteiger partial charge is 0.491 e. The van der Waals surface area contributed by atoms with Gasteiger partial charge >= 0.3 is 6.03 Å². The molecule has 1 aromatic carbocycles. The van der Waals surface area contributed by atoms with Crippen LogP contribution in [0.5, 0.6) is 5.75 Å². The van der Waals surface area contributed by atoms with Crippen LogP contribution in [0, 0.1) is 0 Å². The van der Waals surface area contributed by atoms with E-state index in [4.69, 9.17) is 10.5 Å². The number of piperidine rings is 1. The van der Waals surface area contributed by atoms with Gasteiger partial charge < -0.3 is 10.5 Å². The lowest BCUT2D eigenvalue weighted by Crippen LogP contribution is -2.48. The first-order valence-electron chi connectivity index (χ1n) is 10.2. The van der Waals surface area contributed by atoms with Crippen molar-refractivity contribution in [2.24, 2.45) is 10.7 Å². The van der Waals surface area contributed by atoms with Gasteiger partial charge in [-0.3, -0.25) is 9.80 Å². The molecular weight excluding hydrogens is 371 g/mol. The first-order valence-corrected chi connectivity index (χ1v) is 10.2. The fourth-order valence-corrected chi connectivity index (χ4v) is 3.59. The molecule has 0 saturated carbocycles. The molecule has 7 heteroatoms. The van der Waals surface area contributed by atoms with Crippen molar-refractivity contribution in [3.05, 3.63) is 42.1 Å². The molecule has 2 rings (SSSR count). The lowest BCUT2D eigenvalue weighted by molar-refractivity contribution is 0.0994. The van der Waals surface area contributed by atoms with Crippen molar-refractivity contribution in [3.8, 4) is 5.75 Å². The number of carbonyl (C=O) groups excluding carboxylic acids is 1. The zero-order valence-corrected chi connectivity index (χ0v) is 17.8. The highest BCUT2D eigenvalue weighted by atomic mass is 19.1. The van der Waals surface area contributed by atoms with E-state index in [1.165, 1.54) is 29.7 Å². The topological polar surface area (TPSA) is 71.2 Å². The van der Waals surface area contributed by atoms with Gasteiger partial charge in [-0.05, 0) is 64.3 Å². The molecule has 6 nitrogen and oxygen atoms in total. The number of urea groups is 1. The molecule has 1 fully saturated rings. The predicted octanol–water partition coefficient (Wildman–Crippen LogP) is 4.11. The van der Waals surface area contributed by atoms with Gasteiger partial charge in [-0.15, -0.1) is 0 Å². The number of likely N-dealkylation sites (tertiary alicyclic amines) is 1. The molecule has 1 saturated heterocycles. The van der Waals surface area contributed by atoms with Crippen molar-refractivity contribution in [1.29, 1.82) is 0 Å². The number of hydrogen-bond acceptors (Lipinski definition) is 3. The minimum absolute atomic E-state index is 0.0388. The van der Waals surface area contributed by atoms with Crippen LogP contribution in [0.3, 0.4) is 0 Å². The Morgan fingerprint density at radius 2 is 2.21 bits per heavy atom. The van der Waals surface area contributed by atoms with E-state index in [-0.39, 0.29) is 18.2 Å². The molecule has 0 aliphatic carbocycles. The maximum absolute atomic E-state index is 13.3. The smallest absolute Gasteiger partial charge is 0.349 e. The number of aliphatic imine (C=N–C) groups is 1. The third-order valence-electron chi connectivity index (χ3n) is 4.95. The van der Waals surface area contributed by atoms with E-state index in [2.05, 4.69) is 28.9 Å². The minimum Gasteiger partial charge on any atom is -0.491 e. The number of allylic oxidation sites excluding steroid dienone is 1. The minimum atomic E-state index is -1.13. The van der Waals surface area contributed by atoms with Crippen LogP contribution in [-0.4, -0.2) is 53.1 Å². The molecule has 0 bridgehead atoms. The second-order valence-electron chi connectivity index (χ2n) is 7.80. The van der Waals surface area contributed by atoms with Crippen molar-refractivity contribution < 1.29 is 13.9 Å². The summed E-state index contributed by atoms with van der Waals surface area (Å²) in [6, 6.07) is 7.92. The standard InChI is InChI=1S/C22H33FN4O2/c1-16(2)29-21-7-5-6-19(13-21)14-26-10-9-20(12-18(26)4)27(11-8-17(3)23)22(28)25-15-24/h5-8,11,13,15-18,20H,9-10,12,14H2,1-4H3,(H2,24,25,28)/b11-8+. The second kappa shape index (κ2) is 11.0. The lowest BCUT2D eigenvalue weighted by Gasteiger charge is -2.40. The maximum Gasteiger partial charge on any atom is 0.349 e. The van der Waals surface area contributed by atoms with Gasteiger partial charge in [0.1, 0.15) is 11.9 Å². The van der Waals surface area contributed by atoms with Crippen LogP contribution in [0.25, 0.3) is 0 Å². The van der Waals surface area contributed by atoms with Gasteiger partial charge in [0, 0.05) is 31.4 Å². The van der Waals surface area contributed by atoms with Gasteiger partial charge in [0.2, 0.25) is 0 Å². The third kappa shape index (κ3) is 7.16. The first-order chi connectivity index (χ1) is 13.8. The van der Waals surface area contributed by atoms with Crippen LogP contribution in [0.2, 0.25) is 0 Å². The number of rotatable bonds is 7. The van der Waals surface area contributed by atoms with Gasteiger partial charge in [-0.25, -0.2) is 9.18 Å². The Kier molecular flexibility index (Phi) is 8.64. The van der Waals surface area contributed by atoms with Crippen LogP contribution >= 0.6 is 0 Å². The molecule has 0 spiro atoms. The summed E-state index contributed by atoms with van der Waals surface area (Å²) < 4.78 is 19.1. The molecule has 1 heterocycles. The van der Waals surface area contributed by atoms with E-state index < -0.39 is 12.2 Å². The third-order valence-corrected chi connectivity index (χ3v) is 4.95. The second-order valence-corrected chi connectivity index (χ2v) is 7.80. The number of ether oxygens (including phenoxy) is 1. The van der Waals surface area contributed by atoms with Crippen molar-refractivity contribution in [2.75, 3.05) is 6.54 Å². The zero-order valence-electron chi connectivity index (χ0n) is 17.8. The van der Waals surface area contributed by atoms with Crippen LogP contribution < -0.4 is 10.5 Å². The number of carbonyl (C=O) groups is 1. The molecule has 0 radical (unpaired) electrons. The number of benzene rings is 1. The quantitative estimate of drug-likeness (QED) is 0.548. The predicted molar refractivity (Wildman–Crippen MR) is 115 cm³/mol. The molecular formula is C22H33FN4O2. The van der Waals surface area contributed by atoms with Gasteiger partial charge in [0.15, 0.2) is 0 Å². The van der Waals surface area contributed by atoms with E-state index in [0.717, 1.165) is 38.0 Å². The van der Waals surface area contributed by atoms with Crippen molar-refractivity contribution in [3.63, 3.8) is 0 Å². The normalized spacial score (nSPS) is 21.7. The van der Waals surface area contributed by atoms with Crippen LogP contribution in [0.15, 0.2) is 41.5 Å². The fourth-order valence-electron chi connectivity index (χ4n) is 3.59. The average molecular weight is 405 g/mol. The van der Waals surface area contributed by atoms with E-state index >= 15 is 0 Å². The summed E-state index contributed by atoms with van der Waals surface area (Å²) in [5, 5.41) is 0. The molecule has 1 aliphatic heterocycles. The van der Waals surface area contributed by atoms with Crippen molar-refractivity contribution >= 4 is 12.4 Å². The Morgan fingerprint density at radius 1 is 1.45 bits per heavy atom. The van der Waals surface area contributed by atoms with E-state index in [1.807, 2.05) is 26.0 Å². The Morgan fingerprint density at radius 3 is 2.83 bits per heavy atom. The van der Waals surface area contributed by atoms with E-state index in [0.29, 0.717) is 0 Å². The number of nitrogens with zero attached hydrogens (tertiary/aromatic N) is 3. The maximum atomic E-state index is 13.3. The number of halogens is 1. The molecule has 160 valence electrons. The molecule has 0 aromatic heterocycles. The first kappa shape index (κ1) is 22.9.